The normalized spacial score (nSPS) is 10.5. The quantitative estimate of drug-likeness (QED) is 0.608. The van der Waals surface area contributed by atoms with Gasteiger partial charge in [0, 0.05) is 25.3 Å². The first-order chi connectivity index (χ1) is 9.35. The lowest BCUT2D eigenvalue weighted by atomic mass is 10.0. The molecule has 0 amide bonds. The van der Waals surface area contributed by atoms with Crippen LogP contribution in [0.3, 0.4) is 0 Å². The zero-order valence-electron chi connectivity index (χ0n) is 11.0. The fourth-order valence-corrected chi connectivity index (χ4v) is 2.42. The standard InChI is InChI=1S/C15H16NO2P/c1-17-19(18-2)16-15(13-9-5-3-6-10-13)14-11-7-4-8-12-14/h3-12H,1-2H3. The Kier molecular flexibility index (Phi) is 5.22. The number of hydrogen-bond acceptors (Lipinski definition) is 3. The number of rotatable bonds is 5. The highest BCUT2D eigenvalue weighted by atomic mass is 31.2. The molecule has 0 bridgehead atoms. The van der Waals surface area contributed by atoms with Gasteiger partial charge in [-0.25, -0.2) is 4.76 Å². The zero-order chi connectivity index (χ0) is 13.5. The molecule has 0 unspecified atom stereocenters. The van der Waals surface area contributed by atoms with Crippen LogP contribution >= 0.6 is 8.53 Å². The fourth-order valence-electron chi connectivity index (χ4n) is 1.71. The van der Waals surface area contributed by atoms with Crippen molar-refractivity contribution in [1.82, 2.24) is 0 Å². The van der Waals surface area contributed by atoms with Crippen LogP contribution in [0.2, 0.25) is 0 Å². The van der Waals surface area contributed by atoms with Gasteiger partial charge >= 0.3 is 8.53 Å². The molecule has 0 atom stereocenters. The Labute approximate surface area is 114 Å². The summed E-state index contributed by atoms with van der Waals surface area (Å²) in [5.74, 6) is 0. The Morgan fingerprint density at radius 2 is 1.21 bits per heavy atom. The maximum atomic E-state index is 5.23. The molecule has 0 aliphatic rings. The van der Waals surface area contributed by atoms with Gasteiger partial charge in [0.15, 0.2) is 0 Å². The first-order valence-electron chi connectivity index (χ1n) is 5.93. The molecule has 2 aromatic rings. The fraction of sp³-hybridized carbons (Fsp3) is 0.133. The van der Waals surface area contributed by atoms with Crippen molar-refractivity contribution in [3.63, 3.8) is 0 Å². The summed E-state index contributed by atoms with van der Waals surface area (Å²) in [4.78, 5) is 0. The molecule has 0 fully saturated rings. The summed E-state index contributed by atoms with van der Waals surface area (Å²) in [6.45, 7) is 0. The zero-order valence-corrected chi connectivity index (χ0v) is 11.9. The maximum Gasteiger partial charge on any atom is 0.310 e. The highest BCUT2D eigenvalue weighted by Gasteiger charge is 2.11. The van der Waals surface area contributed by atoms with E-state index in [0.717, 1.165) is 16.8 Å². The van der Waals surface area contributed by atoms with Gasteiger partial charge in [-0.1, -0.05) is 60.7 Å². The molecular formula is C15H16NO2P. The summed E-state index contributed by atoms with van der Waals surface area (Å²) in [6.07, 6.45) is 0. The monoisotopic (exact) mass is 273 g/mol. The van der Waals surface area contributed by atoms with Crippen molar-refractivity contribution in [2.24, 2.45) is 4.76 Å². The second-order valence-electron chi connectivity index (χ2n) is 3.78. The molecule has 0 aliphatic carbocycles. The van der Waals surface area contributed by atoms with Crippen LogP contribution in [0, 0.1) is 0 Å². The Bertz CT molecular complexity index is 483. The van der Waals surface area contributed by atoms with Crippen LogP contribution in [0.1, 0.15) is 11.1 Å². The van der Waals surface area contributed by atoms with E-state index < -0.39 is 8.53 Å². The number of hydrogen-bond donors (Lipinski definition) is 0. The lowest BCUT2D eigenvalue weighted by Crippen LogP contribution is -2.03. The van der Waals surface area contributed by atoms with Gasteiger partial charge in [0.1, 0.15) is 0 Å². The summed E-state index contributed by atoms with van der Waals surface area (Å²) in [5.41, 5.74) is 2.99. The average Bonchev–Trinajstić information content (AvgIpc) is 2.50. The highest BCUT2D eigenvalue weighted by Crippen LogP contribution is 2.39. The van der Waals surface area contributed by atoms with Crippen molar-refractivity contribution in [1.29, 1.82) is 0 Å². The van der Waals surface area contributed by atoms with E-state index in [1.807, 2.05) is 60.7 Å². The maximum absolute atomic E-state index is 5.23. The molecule has 0 radical (unpaired) electrons. The van der Waals surface area contributed by atoms with Gasteiger partial charge in [0.25, 0.3) is 0 Å². The van der Waals surface area contributed by atoms with Crippen molar-refractivity contribution < 1.29 is 9.05 Å². The van der Waals surface area contributed by atoms with E-state index in [1.165, 1.54) is 0 Å². The van der Waals surface area contributed by atoms with Crippen molar-refractivity contribution in [3.05, 3.63) is 71.8 Å². The van der Waals surface area contributed by atoms with E-state index >= 15 is 0 Å². The van der Waals surface area contributed by atoms with Crippen LogP contribution in [0.5, 0.6) is 0 Å². The molecule has 0 aromatic heterocycles. The van der Waals surface area contributed by atoms with Crippen LogP contribution in [0.4, 0.5) is 0 Å². The Morgan fingerprint density at radius 1 is 0.789 bits per heavy atom. The third-order valence-electron chi connectivity index (χ3n) is 2.59. The molecule has 4 heteroatoms. The van der Waals surface area contributed by atoms with Gasteiger partial charge in [-0.05, 0) is 0 Å². The number of nitrogens with zero attached hydrogens (tertiary/aromatic N) is 1. The van der Waals surface area contributed by atoms with Gasteiger partial charge in [0.2, 0.25) is 0 Å². The molecule has 98 valence electrons. The molecule has 0 spiro atoms. The van der Waals surface area contributed by atoms with Gasteiger partial charge in [-0.15, -0.1) is 0 Å². The predicted molar refractivity (Wildman–Crippen MR) is 79.5 cm³/mol. The smallest absolute Gasteiger partial charge is 0.310 e. The van der Waals surface area contributed by atoms with Crippen LogP contribution < -0.4 is 0 Å². The topological polar surface area (TPSA) is 30.8 Å². The first kappa shape index (κ1) is 13.9. The van der Waals surface area contributed by atoms with Crippen LogP contribution in [-0.4, -0.2) is 19.9 Å². The molecule has 2 aromatic carbocycles. The van der Waals surface area contributed by atoms with Crippen molar-refractivity contribution in [2.75, 3.05) is 14.2 Å². The summed E-state index contributed by atoms with van der Waals surface area (Å²) in [5, 5.41) is 0. The highest BCUT2D eigenvalue weighted by molar-refractivity contribution is 7.46. The second-order valence-corrected chi connectivity index (χ2v) is 5.19. The molecular weight excluding hydrogens is 257 g/mol. The van der Waals surface area contributed by atoms with Crippen molar-refractivity contribution >= 4 is 14.2 Å². The van der Waals surface area contributed by atoms with E-state index in [4.69, 9.17) is 9.05 Å². The molecule has 0 saturated heterocycles. The van der Waals surface area contributed by atoms with Crippen molar-refractivity contribution in [3.8, 4) is 0 Å². The van der Waals surface area contributed by atoms with Gasteiger partial charge in [-0.3, -0.25) is 0 Å². The average molecular weight is 273 g/mol. The Hall–Kier alpha value is -1.54. The Morgan fingerprint density at radius 3 is 1.58 bits per heavy atom. The van der Waals surface area contributed by atoms with Crippen LogP contribution in [-0.2, 0) is 9.05 Å². The van der Waals surface area contributed by atoms with E-state index in [-0.39, 0.29) is 0 Å². The minimum absolute atomic E-state index is 0.885. The lowest BCUT2D eigenvalue weighted by Gasteiger charge is -2.11. The minimum Gasteiger partial charge on any atom is -0.320 e. The lowest BCUT2D eigenvalue weighted by molar-refractivity contribution is 0.342. The largest absolute Gasteiger partial charge is 0.320 e. The third kappa shape index (κ3) is 3.71. The van der Waals surface area contributed by atoms with E-state index in [0.29, 0.717) is 0 Å². The molecule has 0 saturated carbocycles. The molecule has 0 heterocycles. The second kappa shape index (κ2) is 7.15. The van der Waals surface area contributed by atoms with Crippen molar-refractivity contribution in [2.45, 2.75) is 0 Å². The summed E-state index contributed by atoms with van der Waals surface area (Å²) < 4.78 is 15.0. The first-order valence-corrected chi connectivity index (χ1v) is 7.06. The molecule has 0 aliphatic heterocycles. The van der Waals surface area contributed by atoms with E-state index in [2.05, 4.69) is 4.76 Å². The number of benzene rings is 2. The SMILES string of the molecule is COP(N=C(c1ccccc1)c1ccccc1)OC. The Balaban J connectivity index is 2.45. The molecule has 0 N–H and O–H groups in total. The summed E-state index contributed by atoms with van der Waals surface area (Å²) in [7, 11) is 1.95. The molecule has 19 heavy (non-hydrogen) atoms. The van der Waals surface area contributed by atoms with Gasteiger partial charge in [-0.2, -0.15) is 0 Å². The molecule has 2 rings (SSSR count). The minimum atomic E-state index is -1.25. The van der Waals surface area contributed by atoms with Crippen LogP contribution in [0.25, 0.3) is 0 Å². The van der Waals surface area contributed by atoms with E-state index in [9.17, 15) is 0 Å². The third-order valence-corrected chi connectivity index (χ3v) is 3.58. The summed E-state index contributed by atoms with van der Waals surface area (Å²) >= 11 is 0. The predicted octanol–water partition coefficient (Wildman–Crippen LogP) is 4.04. The summed E-state index contributed by atoms with van der Waals surface area (Å²) in [6, 6.07) is 20.1. The van der Waals surface area contributed by atoms with E-state index in [1.54, 1.807) is 14.2 Å². The molecule has 3 nitrogen and oxygen atoms in total. The van der Waals surface area contributed by atoms with Gasteiger partial charge < -0.3 is 9.05 Å². The van der Waals surface area contributed by atoms with Crippen LogP contribution in [0.15, 0.2) is 65.4 Å². The van der Waals surface area contributed by atoms with Gasteiger partial charge in [0.05, 0.1) is 5.71 Å².